The molecule has 0 bridgehead atoms. The molecule has 0 aliphatic carbocycles. The first-order chi connectivity index (χ1) is 14.7. The molecule has 0 radical (unpaired) electrons. The van der Waals surface area contributed by atoms with Crippen LogP contribution in [0.25, 0.3) is 22.0 Å². The van der Waals surface area contributed by atoms with E-state index in [1.54, 1.807) is 0 Å². The van der Waals surface area contributed by atoms with Crippen molar-refractivity contribution >= 4 is 17.2 Å². The first-order valence-corrected chi connectivity index (χ1v) is 11.0. The summed E-state index contributed by atoms with van der Waals surface area (Å²) in [6.07, 6.45) is 7.73. The van der Waals surface area contributed by atoms with Crippen molar-refractivity contribution in [2.24, 2.45) is 0 Å². The number of ether oxygens (including phenoxy) is 1. The number of fused-ring (bicyclic) bond motifs is 2. The van der Waals surface area contributed by atoms with Gasteiger partial charge in [-0.15, -0.1) is 0 Å². The van der Waals surface area contributed by atoms with Gasteiger partial charge in [0.25, 0.3) is 0 Å². The molecule has 0 unspecified atom stereocenters. The van der Waals surface area contributed by atoms with Crippen molar-refractivity contribution in [3.8, 4) is 16.9 Å². The summed E-state index contributed by atoms with van der Waals surface area (Å²) in [5.41, 5.74) is 6.04. The van der Waals surface area contributed by atoms with Gasteiger partial charge in [-0.2, -0.15) is 0 Å². The minimum atomic E-state index is -0.0304. The zero-order valence-electron chi connectivity index (χ0n) is 17.6. The number of hydrogen-bond donors (Lipinski definition) is 0. The summed E-state index contributed by atoms with van der Waals surface area (Å²) >= 11 is 0. The molecule has 1 aromatic heterocycles. The number of aldehydes is 1. The predicted octanol–water partition coefficient (Wildman–Crippen LogP) is 4.96. The maximum Gasteiger partial charge on any atom is 0.123 e. The zero-order valence-corrected chi connectivity index (χ0v) is 17.6. The van der Waals surface area contributed by atoms with Gasteiger partial charge >= 0.3 is 0 Å². The minimum absolute atomic E-state index is 0.0304. The van der Waals surface area contributed by atoms with Gasteiger partial charge in [0.2, 0.25) is 0 Å². The van der Waals surface area contributed by atoms with Gasteiger partial charge in [-0.3, -0.25) is 4.98 Å². The van der Waals surface area contributed by atoms with Crippen LogP contribution in [0.15, 0.2) is 48.7 Å². The number of hydrogen-bond acceptors (Lipinski definition) is 4. The molecule has 0 atom stereocenters. The number of carbonyl (C=O) groups is 1. The average Bonchev–Trinajstić information content (AvgIpc) is 2.78. The summed E-state index contributed by atoms with van der Waals surface area (Å²) in [7, 11) is 0. The minimum Gasteiger partial charge on any atom is -0.487 e. The first kappa shape index (κ1) is 19.3. The Balaban J connectivity index is 1.36. The lowest BCUT2D eigenvalue weighted by molar-refractivity contribution is -0.108. The van der Waals surface area contributed by atoms with E-state index in [4.69, 9.17) is 4.74 Å². The number of aromatic nitrogens is 1. The maximum absolute atomic E-state index is 10.6. The van der Waals surface area contributed by atoms with Crippen LogP contribution in [0.4, 0.5) is 0 Å². The molecular weight excluding hydrogens is 372 g/mol. The van der Waals surface area contributed by atoms with Gasteiger partial charge in [-0.25, -0.2) is 0 Å². The van der Waals surface area contributed by atoms with E-state index in [0.717, 1.165) is 62.9 Å². The average molecular weight is 401 g/mol. The molecule has 0 amide bonds. The molecule has 1 saturated heterocycles. The Morgan fingerprint density at radius 3 is 2.80 bits per heavy atom. The van der Waals surface area contributed by atoms with Gasteiger partial charge in [0.15, 0.2) is 0 Å². The Hall–Kier alpha value is -2.72. The Bertz CT molecular complexity index is 1080. The van der Waals surface area contributed by atoms with Crippen LogP contribution in [0.5, 0.6) is 5.75 Å². The summed E-state index contributed by atoms with van der Waals surface area (Å²) in [5, 5.41) is 1.18. The summed E-state index contributed by atoms with van der Waals surface area (Å²) in [6.45, 7) is 5.04. The van der Waals surface area contributed by atoms with Crippen LogP contribution < -0.4 is 4.74 Å². The number of pyridine rings is 1. The Morgan fingerprint density at radius 1 is 1.10 bits per heavy atom. The van der Waals surface area contributed by atoms with Gasteiger partial charge in [-0.1, -0.05) is 12.1 Å². The molecule has 4 nitrogen and oxygen atoms in total. The second-order valence-corrected chi connectivity index (χ2v) is 8.77. The maximum atomic E-state index is 10.6. The predicted molar refractivity (Wildman–Crippen MR) is 120 cm³/mol. The zero-order chi connectivity index (χ0) is 20.6. The second kappa shape index (κ2) is 7.84. The van der Waals surface area contributed by atoms with Crippen LogP contribution in [0.3, 0.4) is 0 Å². The molecule has 154 valence electrons. The van der Waals surface area contributed by atoms with Crippen molar-refractivity contribution in [1.82, 2.24) is 9.88 Å². The highest BCUT2D eigenvalue weighted by atomic mass is 16.5. The van der Waals surface area contributed by atoms with E-state index in [-0.39, 0.29) is 5.60 Å². The van der Waals surface area contributed by atoms with Gasteiger partial charge in [-0.05, 0) is 85.2 Å². The number of rotatable bonds is 4. The molecule has 4 heteroatoms. The molecule has 1 spiro atoms. The fourth-order valence-corrected chi connectivity index (χ4v) is 5.01. The highest BCUT2D eigenvalue weighted by Gasteiger charge is 2.39. The van der Waals surface area contributed by atoms with E-state index in [9.17, 15) is 4.79 Å². The third kappa shape index (κ3) is 3.61. The van der Waals surface area contributed by atoms with E-state index >= 15 is 0 Å². The highest BCUT2D eigenvalue weighted by Crippen LogP contribution is 2.41. The monoisotopic (exact) mass is 400 g/mol. The summed E-state index contributed by atoms with van der Waals surface area (Å²) in [6, 6.07) is 15.2. The molecule has 2 aliphatic heterocycles. The molecule has 0 N–H and O–H groups in total. The van der Waals surface area contributed by atoms with Crippen molar-refractivity contribution in [3.63, 3.8) is 0 Å². The molecule has 2 aliphatic rings. The summed E-state index contributed by atoms with van der Waals surface area (Å²) in [5.74, 6) is 1.05. The van der Waals surface area contributed by atoms with Crippen LogP contribution in [-0.4, -0.2) is 41.4 Å². The number of nitrogens with zero attached hydrogens (tertiary/aromatic N) is 2. The largest absolute Gasteiger partial charge is 0.487 e. The van der Waals surface area contributed by atoms with Crippen LogP contribution in [-0.2, 0) is 11.2 Å². The van der Waals surface area contributed by atoms with E-state index in [2.05, 4.69) is 53.2 Å². The molecule has 5 rings (SSSR count). The Morgan fingerprint density at radius 2 is 1.97 bits per heavy atom. The first-order valence-electron chi connectivity index (χ1n) is 11.0. The molecular formula is C26H28N2O2. The van der Waals surface area contributed by atoms with Crippen molar-refractivity contribution in [2.45, 2.75) is 44.6 Å². The van der Waals surface area contributed by atoms with Gasteiger partial charge in [0.1, 0.15) is 17.6 Å². The van der Waals surface area contributed by atoms with E-state index in [1.165, 1.54) is 27.6 Å². The topological polar surface area (TPSA) is 42.4 Å². The molecule has 3 heterocycles. The standard InChI is InChI=1S/C26H28N2O2/c1-19-16-23(18-22-4-2-11-27-25(19)22)20-5-6-24-21(17-20)7-8-26(30-24)9-13-28(14-10-26)12-3-15-29/h2,4-6,11,15-18H,3,7-10,12-14H2,1H3. The lowest BCUT2D eigenvalue weighted by Crippen LogP contribution is -2.49. The third-order valence-electron chi connectivity index (χ3n) is 6.80. The van der Waals surface area contributed by atoms with E-state index in [0.29, 0.717) is 6.42 Å². The van der Waals surface area contributed by atoms with Crippen molar-refractivity contribution in [1.29, 1.82) is 0 Å². The van der Waals surface area contributed by atoms with Crippen LogP contribution in [0, 0.1) is 6.92 Å². The van der Waals surface area contributed by atoms with Crippen molar-refractivity contribution < 1.29 is 9.53 Å². The molecule has 0 saturated carbocycles. The van der Waals surface area contributed by atoms with Crippen LogP contribution in [0.1, 0.15) is 36.8 Å². The lowest BCUT2D eigenvalue weighted by Gasteiger charge is -2.44. The van der Waals surface area contributed by atoms with Crippen LogP contribution >= 0.6 is 0 Å². The molecule has 3 aromatic rings. The number of piperidine rings is 1. The fourth-order valence-electron chi connectivity index (χ4n) is 5.01. The third-order valence-corrected chi connectivity index (χ3v) is 6.80. The van der Waals surface area contributed by atoms with Gasteiger partial charge in [0, 0.05) is 37.6 Å². The summed E-state index contributed by atoms with van der Waals surface area (Å²) in [4.78, 5) is 17.5. The van der Waals surface area contributed by atoms with Gasteiger partial charge in [0.05, 0.1) is 5.52 Å². The lowest BCUT2D eigenvalue weighted by atomic mass is 9.82. The number of carbonyl (C=O) groups excluding carboxylic acids is 1. The van der Waals surface area contributed by atoms with Crippen molar-refractivity contribution in [3.05, 3.63) is 59.8 Å². The summed E-state index contributed by atoms with van der Waals surface area (Å²) < 4.78 is 6.59. The number of likely N-dealkylation sites (tertiary alicyclic amines) is 1. The number of aryl methyl sites for hydroxylation is 2. The molecule has 1 fully saturated rings. The highest BCUT2D eigenvalue weighted by molar-refractivity contribution is 5.87. The second-order valence-electron chi connectivity index (χ2n) is 8.77. The van der Waals surface area contributed by atoms with Crippen LogP contribution in [0.2, 0.25) is 0 Å². The van der Waals surface area contributed by atoms with E-state index in [1.807, 2.05) is 12.3 Å². The van der Waals surface area contributed by atoms with E-state index < -0.39 is 0 Å². The number of benzene rings is 2. The normalized spacial score (nSPS) is 18.2. The molecule has 2 aromatic carbocycles. The van der Waals surface area contributed by atoms with Crippen molar-refractivity contribution in [2.75, 3.05) is 19.6 Å². The molecule has 30 heavy (non-hydrogen) atoms. The SMILES string of the molecule is Cc1cc(-c2ccc3c(c2)CCC2(CCN(CCC=O)CC2)O3)cc2cccnc12. The van der Waals surface area contributed by atoms with Gasteiger partial charge < -0.3 is 14.4 Å². The quantitative estimate of drug-likeness (QED) is 0.581. The fraction of sp³-hybridized carbons (Fsp3) is 0.385. The Labute approximate surface area is 177 Å². The smallest absolute Gasteiger partial charge is 0.123 e. The Kier molecular flexibility index (Phi) is 5.03.